The number of H-pyrrole nitrogens is 2. The standard InChI is InChI=1S/C11H9N3O/c1-6-2-3-8-7(4-6)5-9-10(12-8)14-11(15)13-9/h2-5H,1H3,(H2,12,13,14,15). The lowest BCUT2D eigenvalue weighted by atomic mass is 10.1. The molecule has 2 heterocycles. The zero-order valence-corrected chi connectivity index (χ0v) is 8.16. The van der Waals surface area contributed by atoms with Gasteiger partial charge in [-0.15, -0.1) is 0 Å². The molecule has 0 unspecified atom stereocenters. The Morgan fingerprint density at radius 2 is 2.07 bits per heavy atom. The van der Waals surface area contributed by atoms with Crippen LogP contribution in [0.5, 0.6) is 0 Å². The minimum absolute atomic E-state index is 0.218. The van der Waals surface area contributed by atoms with Crippen molar-refractivity contribution in [2.24, 2.45) is 0 Å². The molecule has 74 valence electrons. The Labute approximate surface area is 85.0 Å². The van der Waals surface area contributed by atoms with Crippen LogP contribution in [0.1, 0.15) is 5.56 Å². The van der Waals surface area contributed by atoms with Crippen LogP contribution in [-0.4, -0.2) is 15.0 Å². The van der Waals surface area contributed by atoms with Crippen molar-refractivity contribution in [2.45, 2.75) is 6.92 Å². The quantitative estimate of drug-likeness (QED) is 0.579. The average Bonchev–Trinajstić information content (AvgIpc) is 2.53. The molecule has 3 rings (SSSR count). The van der Waals surface area contributed by atoms with Gasteiger partial charge in [-0.2, -0.15) is 0 Å². The van der Waals surface area contributed by atoms with Gasteiger partial charge < -0.3 is 4.98 Å². The van der Waals surface area contributed by atoms with Crippen LogP contribution in [-0.2, 0) is 0 Å². The van der Waals surface area contributed by atoms with Crippen LogP contribution in [0.2, 0.25) is 0 Å². The molecule has 4 heteroatoms. The zero-order valence-electron chi connectivity index (χ0n) is 8.16. The van der Waals surface area contributed by atoms with E-state index < -0.39 is 0 Å². The molecule has 0 fully saturated rings. The number of rotatable bonds is 0. The fraction of sp³-hybridized carbons (Fsp3) is 0.0909. The van der Waals surface area contributed by atoms with Crippen molar-refractivity contribution < 1.29 is 0 Å². The molecule has 2 N–H and O–H groups in total. The molecule has 0 saturated heterocycles. The van der Waals surface area contributed by atoms with Gasteiger partial charge >= 0.3 is 5.69 Å². The van der Waals surface area contributed by atoms with Gasteiger partial charge in [0.1, 0.15) is 0 Å². The molecular weight excluding hydrogens is 190 g/mol. The normalized spacial score (nSPS) is 11.3. The first-order valence-electron chi connectivity index (χ1n) is 4.72. The number of nitrogens with one attached hydrogen (secondary N) is 2. The van der Waals surface area contributed by atoms with Crippen LogP contribution in [0.3, 0.4) is 0 Å². The summed E-state index contributed by atoms with van der Waals surface area (Å²) in [5.41, 5.74) is 3.21. The van der Waals surface area contributed by atoms with E-state index in [0.717, 1.165) is 16.4 Å². The molecule has 1 aromatic carbocycles. The highest BCUT2D eigenvalue weighted by Crippen LogP contribution is 2.17. The van der Waals surface area contributed by atoms with E-state index in [-0.39, 0.29) is 5.69 Å². The van der Waals surface area contributed by atoms with Crippen LogP contribution >= 0.6 is 0 Å². The second-order valence-electron chi connectivity index (χ2n) is 3.66. The van der Waals surface area contributed by atoms with Crippen molar-refractivity contribution in [3.63, 3.8) is 0 Å². The molecule has 15 heavy (non-hydrogen) atoms. The van der Waals surface area contributed by atoms with Crippen LogP contribution in [0.25, 0.3) is 22.1 Å². The third-order valence-electron chi connectivity index (χ3n) is 2.45. The van der Waals surface area contributed by atoms with E-state index in [4.69, 9.17) is 0 Å². The van der Waals surface area contributed by atoms with Gasteiger partial charge in [-0.1, -0.05) is 11.6 Å². The monoisotopic (exact) mass is 199 g/mol. The summed E-state index contributed by atoms with van der Waals surface area (Å²) in [6.45, 7) is 2.03. The van der Waals surface area contributed by atoms with E-state index in [9.17, 15) is 4.79 Å². The summed E-state index contributed by atoms with van der Waals surface area (Å²) in [6, 6.07) is 7.94. The molecular formula is C11H9N3O. The van der Waals surface area contributed by atoms with Crippen molar-refractivity contribution in [3.8, 4) is 0 Å². The van der Waals surface area contributed by atoms with E-state index in [2.05, 4.69) is 15.0 Å². The molecule has 4 nitrogen and oxygen atoms in total. The van der Waals surface area contributed by atoms with Crippen molar-refractivity contribution >= 4 is 22.1 Å². The van der Waals surface area contributed by atoms with Crippen molar-refractivity contribution in [3.05, 3.63) is 40.3 Å². The van der Waals surface area contributed by atoms with E-state index in [1.54, 1.807) is 0 Å². The Morgan fingerprint density at radius 3 is 2.93 bits per heavy atom. The van der Waals surface area contributed by atoms with E-state index in [1.165, 1.54) is 5.56 Å². The summed E-state index contributed by atoms with van der Waals surface area (Å²) in [5, 5.41) is 1.04. The molecule has 0 aliphatic rings. The van der Waals surface area contributed by atoms with E-state index in [0.29, 0.717) is 5.65 Å². The molecule has 0 saturated carbocycles. The van der Waals surface area contributed by atoms with Crippen LogP contribution in [0.4, 0.5) is 0 Å². The number of benzene rings is 1. The number of aromatic amines is 2. The highest BCUT2D eigenvalue weighted by molar-refractivity contribution is 5.89. The largest absolute Gasteiger partial charge is 0.325 e. The smallest absolute Gasteiger partial charge is 0.304 e. The SMILES string of the molecule is Cc1ccc2nc3[nH]c(=O)[nH]c3cc2c1. The number of fused-ring (bicyclic) bond motifs is 2. The topological polar surface area (TPSA) is 61.5 Å². The Morgan fingerprint density at radius 1 is 1.20 bits per heavy atom. The highest BCUT2D eigenvalue weighted by atomic mass is 16.1. The number of aryl methyl sites for hydroxylation is 1. The third kappa shape index (κ3) is 1.22. The van der Waals surface area contributed by atoms with Gasteiger partial charge in [-0.25, -0.2) is 9.78 Å². The molecule has 0 aliphatic carbocycles. The lowest BCUT2D eigenvalue weighted by molar-refractivity contribution is 1.20. The maximum absolute atomic E-state index is 11.1. The predicted molar refractivity (Wildman–Crippen MR) is 59.0 cm³/mol. The molecule has 0 aliphatic heterocycles. The van der Waals surface area contributed by atoms with Gasteiger partial charge in [0.05, 0.1) is 11.0 Å². The summed E-state index contributed by atoms with van der Waals surface area (Å²) in [6.07, 6.45) is 0. The number of hydrogen-bond acceptors (Lipinski definition) is 2. The van der Waals surface area contributed by atoms with Gasteiger partial charge in [-0.05, 0) is 25.1 Å². The average molecular weight is 199 g/mol. The molecule has 0 spiro atoms. The second kappa shape index (κ2) is 2.70. The Hall–Kier alpha value is -2.10. The first-order valence-corrected chi connectivity index (χ1v) is 4.72. The first kappa shape index (κ1) is 8.23. The number of hydrogen-bond donors (Lipinski definition) is 2. The number of imidazole rings is 1. The molecule has 0 amide bonds. The lowest BCUT2D eigenvalue weighted by Gasteiger charge is -1.98. The van der Waals surface area contributed by atoms with Gasteiger partial charge in [-0.3, -0.25) is 4.98 Å². The van der Waals surface area contributed by atoms with Crippen molar-refractivity contribution in [2.75, 3.05) is 0 Å². The summed E-state index contributed by atoms with van der Waals surface area (Å²) < 4.78 is 0. The maximum atomic E-state index is 11.1. The zero-order chi connectivity index (χ0) is 10.4. The highest BCUT2D eigenvalue weighted by Gasteiger charge is 2.02. The van der Waals surface area contributed by atoms with Crippen LogP contribution in [0, 0.1) is 6.92 Å². The first-order chi connectivity index (χ1) is 7.22. The summed E-state index contributed by atoms with van der Waals surface area (Å²) >= 11 is 0. The van der Waals surface area contributed by atoms with Crippen molar-refractivity contribution in [1.29, 1.82) is 0 Å². The maximum Gasteiger partial charge on any atom is 0.325 e. The lowest BCUT2D eigenvalue weighted by Crippen LogP contribution is -1.99. The number of nitrogens with zero attached hydrogens (tertiary/aromatic N) is 1. The molecule has 2 aromatic heterocycles. The second-order valence-corrected chi connectivity index (χ2v) is 3.66. The summed E-state index contributed by atoms with van der Waals surface area (Å²) in [5.74, 6) is 0. The Balaban J connectivity index is 2.51. The van der Waals surface area contributed by atoms with Gasteiger partial charge in [0, 0.05) is 5.39 Å². The van der Waals surface area contributed by atoms with Gasteiger partial charge in [0.25, 0.3) is 0 Å². The summed E-state index contributed by atoms with van der Waals surface area (Å²) in [7, 11) is 0. The minimum atomic E-state index is -0.218. The number of pyridine rings is 1. The van der Waals surface area contributed by atoms with E-state index >= 15 is 0 Å². The Bertz CT molecular complexity index is 708. The van der Waals surface area contributed by atoms with Crippen molar-refractivity contribution in [1.82, 2.24) is 15.0 Å². The fourth-order valence-electron chi connectivity index (χ4n) is 1.75. The molecule has 0 atom stereocenters. The predicted octanol–water partition coefficient (Wildman–Crippen LogP) is 1.71. The molecule has 0 bridgehead atoms. The minimum Gasteiger partial charge on any atom is -0.304 e. The Kier molecular flexibility index (Phi) is 1.48. The van der Waals surface area contributed by atoms with E-state index in [1.807, 2.05) is 31.2 Å². The molecule has 0 radical (unpaired) electrons. The summed E-state index contributed by atoms with van der Waals surface area (Å²) in [4.78, 5) is 20.8. The molecule has 3 aromatic rings. The fourth-order valence-corrected chi connectivity index (χ4v) is 1.75. The van der Waals surface area contributed by atoms with Crippen LogP contribution in [0.15, 0.2) is 29.1 Å². The van der Waals surface area contributed by atoms with Crippen LogP contribution < -0.4 is 5.69 Å². The van der Waals surface area contributed by atoms with Gasteiger partial charge in [0.15, 0.2) is 5.65 Å². The third-order valence-corrected chi connectivity index (χ3v) is 2.45. The number of aromatic nitrogens is 3. The van der Waals surface area contributed by atoms with Gasteiger partial charge in [0.2, 0.25) is 0 Å².